The van der Waals surface area contributed by atoms with E-state index < -0.39 is 10.7 Å². The number of hydrogen-bond donors (Lipinski definition) is 0. The Morgan fingerprint density at radius 2 is 2.36 bits per heavy atom. The molecule has 0 spiro atoms. The van der Waals surface area contributed by atoms with Gasteiger partial charge in [0.05, 0.1) is 21.1 Å². The summed E-state index contributed by atoms with van der Waals surface area (Å²) in [5, 5.41) is 11.1. The van der Waals surface area contributed by atoms with E-state index >= 15 is 0 Å². The van der Waals surface area contributed by atoms with Crippen LogP contribution in [0.5, 0.6) is 0 Å². The minimum Gasteiger partial charge on any atom is -0.297 e. The summed E-state index contributed by atoms with van der Waals surface area (Å²) in [5.74, 6) is 0.297. The topological polar surface area (TPSA) is 63.5 Å². The molecule has 0 N–H and O–H groups in total. The molecule has 0 saturated carbocycles. The molecule has 0 aromatic carbocycles. The van der Waals surface area contributed by atoms with Crippen LogP contribution in [-0.4, -0.2) is 26.9 Å². The average Bonchev–Trinajstić information content (AvgIpc) is 2.07. The summed E-state index contributed by atoms with van der Waals surface area (Å²) in [5.41, 5.74) is -0.327. The Hall–Kier alpha value is -0.560. The summed E-state index contributed by atoms with van der Waals surface area (Å²) in [7, 11) is 0. The zero-order valence-electron chi connectivity index (χ0n) is 7.53. The number of carbonyl (C=O) groups is 1. The number of ketones is 1. The van der Waals surface area contributed by atoms with Gasteiger partial charge in [0.1, 0.15) is 0 Å². The van der Waals surface area contributed by atoms with Crippen LogP contribution in [0.4, 0.5) is 0 Å². The van der Waals surface area contributed by atoms with E-state index in [2.05, 4.69) is 16.1 Å². The molecule has 1 heterocycles. The molecule has 1 saturated heterocycles. The fourth-order valence-electron chi connectivity index (χ4n) is 1.08. The molecule has 0 atom stereocenters. The largest absolute Gasteiger partial charge is 0.342 e. The van der Waals surface area contributed by atoms with Crippen molar-refractivity contribution in [2.45, 2.75) is 13.3 Å². The molecule has 0 bridgehead atoms. The van der Waals surface area contributed by atoms with Gasteiger partial charge in [-0.3, -0.25) is 18.8 Å². The van der Waals surface area contributed by atoms with Gasteiger partial charge < -0.3 is 0 Å². The quantitative estimate of drug-likeness (QED) is 0.334. The number of nitro groups is 1. The third-order valence-corrected chi connectivity index (χ3v) is 3.80. The van der Waals surface area contributed by atoms with Gasteiger partial charge in [-0.15, -0.1) is 11.8 Å². The van der Waals surface area contributed by atoms with Gasteiger partial charge in [0.2, 0.25) is 5.78 Å². The molecule has 0 aliphatic carbocycles. The second-order valence-electron chi connectivity index (χ2n) is 2.75. The molecule has 14 heavy (non-hydrogen) atoms. The predicted molar refractivity (Wildman–Crippen MR) is 57.4 cm³/mol. The van der Waals surface area contributed by atoms with Crippen molar-refractivity contribution in [1.29, 1.82) is 0 Å². The van der Waals surface area contributed by atoms with Crippen LogP contribution < -0.4 is 0 Å². The minimum absolute atomic E-state index is 0.327. The van der Waals surface area contributed by atoms with Gasteiger partial charge >= 0.3 is 5.70 Å². The fourth-order valence-corrected chi connectivity index (χ4v) is 2.86. The van der Waals surface area contributed by atoms with Gasteiger partial charge in [-0.05, 0) is 6.42 Å². The van der Waals surface area contributed by atoms with E-state index in [1.165, 1.54) is 18.7 Å². The Labute approximate surface area is 94.0 Å². The van der Waals surface area contributed by atoms with Crippen molar-refractivity contribution in [1.82, 2.24) is 3.93 Å². The summed E-state index contributed by atoms with van der Waals surface area (Å²) >= 11 is 4.52. The minimum atomic E-state index is -0.621. The van der Waals surface area contributed by atoms with Gasteiger partial charge in [-0.1, -0.05) is 0 Å². The van der Waals surface area contributed by atoms with E-state index in [9.17, 15) is 14.9 Å². The van der Waals surface area contributed by atoms with Crippen LogP contribution in [-0.2, 0) is 4.79 Å². The van der Waals surface area contributed by atoms with Crippen LogP contribution in [0.3, 0.4) is 0 Å². The molecule has 0 radical (unpaired) electrons. The van der Waals surface area contributed by atoms with Gasteiger partial charge in [-0.25, -0.2) is 0 Å². The maximum Gasteiger partial charge on any atom is 0.342 e. The molecule has 1 aliphatic heterocycles. The molecule has 78 valence electrons. The second kappa shape index (κ2) is 4.79. The first kappa shape index (κ1) is 11.5. The molecule has 5 nitrogen and oxygen atoms in total. The lowest BCUT2D eigenvalue weighted by atomic mass is 10.3. The SMILES string of the molecule is CC(=O)/C(=C1\SCCCN1Br)[N+](=O)[O-]. The molecule has 1 rings (SSSR count). The molecule has 0 amide bonds. The monoisotopic (exact) mass is 280 g/mol. The van der Waals surface area contributed by atoms with Crippen molar-refractivity contribution in [3.05, 3.63) is 20.8 Å². The van der Waals surface area contributed by atoms with Crippen molar-refractivity contribution in [2.75, 3.05) is 12.3 Å². The molecule has 1 aliphatic rings. The van der Waals surface area contributed by atoms with Crippen LogP contribution in [0, 0.1) is 10.1 Å². The van der Waals surface area contributed by atoms with E-state index in [-0.39, 0.29) is 5.70 Å². The highest BCUT2D eigenvalue weighted by Crippen LogP contribution is 2.32. The van der Waals surface area contributed by atoms with Crippen LogP contribution in [0.1, 0.15) is 13.3 Å². The van der Waals surface area contributed by atoms with Crippen molar-refractivity contribution >= 4 is 33.7 Å². The number of nitrogens with zero attached hydrogens (tertiary/aromatic N) is 2. The zero-order chi connectivity index (χ0) is 10.7. The maximum absolute atomic E-state index is 11.1. The lowest BCUT2D eigenvalue weighted by Crippen LogP contribution is -2.23. The van der Waals surface area contributed by atoms with Crippen LogP contribution in [0.2, 0.25) is 0 Å². The van der Waals surface area contributed by atoms with E-state index in [0.29, 0.717) is 11.6 Å². The van der Waals surface area contributed by atoms with Crippen molar-refractivity contribution < 1.29 is 9.72 Å². The second-order valence-corrected chi connectivity index (χ2v) is 4.69. The molecular formula is C7H9BrN2O3S. The third-order valence-electron chi connectivity index (χ3n) is 1.68. The van der Waals surface area contributed by atoms with Gasteiger partial charge in [0, 0.05) is 19.2 Å². The number of hydrogen-bond acceptors (Lipinski definition) is 5. The smallest absolute Gasteiger partial charge is 0.297 e. The molecular weight excluding hydrogens is 272 g/mol. The Balaban J connectivity index is 3.06. The summed E-state index contributed by atoms with van der Waals surface area (Å²) in [4.78, 5) is 21.1. The summed E-state index contributed by atoms with van der Waals surface area (Å²) in [6.45, 7) is 1.90. The van der Waals surface area contributed by atoms with Crippen LogP contribution >= 0.6 is 27.9 Å². The van der Waals surface area contributed by atoms with E-state index in [4.69, 9.17) is 0 Å². The molecule has 0 unspecified atom stereocenters. The number of halogens is 1. The summed E-state index contributed by atoms with van der Waals surface area (Å²) in [6, 6.07) is 0. The van der Waals surface area contributed by atoms with E-state index in [1.807, 2.05) is 0 Å². The Morgan fingerprint density at radius 3 is 2.79 bits per heavy atom. The lowest BCUT2D eigenvalue weighted by molar-refractivity contribution is -0.419. The molecule has 0 aromatic heterocycles. The lowest BCUT2D eigenvalue weighted by Gasteiger charge is -2.23. The average molecular weight is 281 g/mol. The Morgan fingerprint density at radius 1 is 1.71 bits per heavy atom. The first-order chi connectivity index (χ1) is 6.54. The van der Waals surface area contributed by atoms with Gasteiger partial charge in [-0.2, -0.15) is 0 Å². The zero-order valence-corrected chi connectivity index (χ0v) is 9.93. The molecule has 1 fully saturated rings. The highest BCUT2D eigenvalue weighted by molar-refractivity contribution is 9.07. The normalized spacial score (nSPS) is 20.6. The van der Waals surface area contributed by atoms with Gasteiger partial charge in [0.15, 0.2) is 5.03 Å². The number of allylic oxidation sites excluding steroid dienone is 1. The van der Waals surface area contributed by atoms with Crippen molar-refractivity contribution in [3.8, 4) is 0 Å². The van der Waals surface area contributed by atoms with Crippen molar-refractivity contribution in [3.63, 3.8) is 0 Å². The fraction of sp³-hybridized carbons (Fsp3) is 0.571. The maximum atomic E-state index is 11.1. The summed E-state index contributed by atoms with van der Waals surface area (Å²) in [6.07, 6.45) is 0.947. The Kier molecular flexibility index (Phi) is 3.94. The van der Waals surface area contributed by atoms with Crippen LogP contribution in [0.25, 0.3) is 0 Å². The number of Topliss-reactive ketones (excluding diaryl/α,β-unsaturated/α-hetero) is 1. The Bertz CT molecular complexity index is 289. The first-order valence-corrected chi connectivity index (χ1v) is 5.69. The van der Waals surface area contributed by atoms with Crippen LogP contribution in [0.15, 0.2) is 10.7 Å². The van der Waals surface area contributed by atoms with Gasteiger partial charge in [0.25, 0.3) is 0 Å². The molecule has 7 heteroatoms. The number of rotatable bonds is 2. The highest BCUT2D eigenvalue weighted by atomic mass is 79.9. The first-order valence-electron chi connectivity index (χ1n) is 3.99. The highest BCUT2D eigenvalue weighted by Gasteiger charge is 2.29. The predicted octanol–water partition coefficient (Wildman–Crippen LogP) is 1.77. The third kappa shape index (κ3) is 2.48. The van der Waals surface area contributed by atoms with Crippen molar-refractivity contribution in [2.24, 2.45) is 0 Å². The standard InChI is InChI=1S/C7H9BrN2O3S/c1-5(11)6(10(12)13)7-9(8)3-2-4-14-7/h2-4H2,1H3/b7-6+. The van der Waals surface area contributed by atoms with E-state index in [1.54, 1.807) is 3.93 Å². The number of thioether (sulfide) groups is 1. The summed E-state index contributed by atoms with van der Waals surface area (Å²) < 4.78 is 1.58. The molecule has 0 aromatic rings. The van der Waals surface area contributed by atoms with E-state index in [0.717, 1.165) is 12.2 Å². The number of carbonyl (C=O) groups excluding carboxylic acids is 1.